The number of hydrogen-bond donors (Lipinski definition) is 1. The molecule has 24 heavy (non-hydrogen) atoms. The SMILES string of the molecule is CCCN1CC[C@@H](CNC(=O)C2(c3cc(C)cc(C)c3)CCC2)C1. The van der Waals surface area contributed by atoms with Gasteiger partial charge >= 0.3 is 0 Å². The van der Waals surface area contributed by atoms with Gasteiger partial charge in [0, 0.05) is 13.1 Å². The maximum Gasteiger partial charge on any atom is 0.230 e. The maximum atomic E-state index is 13.0. The minimum atomic E-state index is -0.265. The van der Waals surface area contributed by atoms with E-state index in [9.17, 15) is 4.79 Å². The lowest BCUT2D eigenvalue weighted by Crippen LogP contribution is -2.50. The number of nitrogens with zero attached hydrogens (tertiary/aromatic N) is 1. The highest BCUT2D eigenvalue weighted by Gasteiger charge is 2.45. The normalized spacial score (nSPS) is 23.0. The first-order valence-electron chi connectivity index (χ1n) is 9.63. The van der Waals surface area contributed by atoms with E-state index >= 15 is 0 Å². The van der Waals surface area contributed by atoms with Gasteiger partial charge < -0.3 is 10.2 Å². The quantitative estimate of drug-likeness (QED) is 0.866. The van der Waals surface area contributed by atoms with E-state index < -0.39 is 0 Å². The first-order valence-corrected chi connectivity index (χ1v) is 9.63. The second-order valence-electron chi connectivity index (χ2n) is 7.98. The number of likely N-dealkylation sites (tertiary alicyclic amines) is 1. The molecule has 3 heteroatoms. The van der Waals surface area contributed by atoms with Crippen LogP contribution in [-0.2, 0) is 10.2 Å². The molecule has 1 saturated carbocycles. The summed E-state index contributed by atoms with van der Waals surface area (Å²) in [7, 11) is 0. The minimum absolute atomic E-state index is 0.257. The highest BCUT2D eigenvalue weighted by molar-refractivity contribution is 5.89. The summed E-state index contributed by atoms with van der Waals surface area (Å²) in [6.07, 6.45) is 5.59. The van der Waals surface area contributed by atoms with E-state index in [2.05, 4.69) is 49.2 Å². The summed E-state index contributed by atoms with van der Waals surface area (Å²) < 4.78 is 0. The van der Waals surface area contributed by atoms with Crippen molar-refractivity contribution < 1.29 is 4.79 Å². The van der Waals surface area contributed by atoms with Gasteiger partial charge in [-0.25, -0.2) is 0 Å². The average molecular weight is 329 g/mol. The zero-order valence-corrected chi connectivity index (χ0v) is 15.5. The molecule has 0 unspecified atom stereocenters. The summed E-state index contributed by atoms with van der Waals surface area (Å²) in [5.41, 5.74) is 3.48. The zero-order chi connectivity index (χ0) is 17.2. The topological polar surface area (TPSA) is 32.3 Å². The fourth-order valence-corrected chi connectivity index (χ4v) is 4.43. The number of amides is 1. The van der Waals surface area contributed by atoms with Crippen molar-refractivity contribution in [2.75, 3.05) is 26.2 Å². The Morgan fingerprint density at radius 3 is 2.54 bits per heavy atom. The van der Waals surface area contributed by atoms with Crippen molar-refractivity contribution in [1.29, 1.82) is 0 Å². The van der Waals surface area contributed by atoms with E-state index in [1.54, 1.807) is 0 Å². The standard InChI is InChI=1S/C21H32N2O/c1-4-9-23-10-6-18(15-23)14-22-20(24)21(7-5-8-21)19-12-16(2)11-17(3)13-19/h11-13,18H,4-10,14-15H2,1-3H3,(H,22,24)/t18-/m0/s1. The Morgan fingerprint density at radius 1 is 1.25 bits per heavy atom. The summed E-state index contributed by atoms with van der Waals surface area (Å²) in [6.45, 7) is 10.9. The smallest absolute Gasteiger partial charge is 0.230 e. The van der Waals surface area contributed by atoms with Crippen LogP contribution in [0.3, 0.4) is 0 Å². The molecule has 2 fully saturated rings. The van der Waals surface area contributed by atoms with E-state index in [4.69, 9.17) is 0 Å². The molecule has 0 radical (unpaired) electrons. The third-order valence-corrected chi connectivity index (χ3v) is 5.88. The van der Waals surface area contributed by atoms with Crippen molar-refractivity contribution in [3.8, 4) is 0 Å². The molecule has 1 amide bonds. The van der Waals surface area contributed by atoms with Crippen LogP contribution in [0.25, 0.3) is 0 Å². The number of carbonyl (C=O) groups excluding carboxylic acids is 1. The van der Waals surface area contributed by atoms with E-state index in [0.717, 1.165) is 32.4 Å². The van der Waals surface area contributed by atoms with Crippen LogP contribution in [0.4, 0.5) is 0 Å². The lowest BCUT2D eigenvalue weighted by molar-refractivity contribution is -0.130. The van der Waals surface area contributed by atoms with Gasteiger partial charge in [-0.1, -0.05) is 42.7 Å². The molecule has 3 rings (SSSR count). The minimum Gasteiger partial charge on any atom is -0.355 e. The molecule has 3 nitrogen and oxygen atoms in total. The molecule has 1 atom stereocenters. The predicted molar refractivity (Wildman–Crippen MR) is 99.3 cm³/mol. The zero-order valence-electron chi connectivity index (χ0n) is 15.5. The maximum absolute atomic E-state index is 13.0. The number of carbonyl (C=O) groups is 1. The van der Waals surface area contributed by atoms with Crippen LogP contribution in [0, 0.1) is 19.8 Å². The van der Waals surface area contributed by atoms with Crippen LogP contribution in [-0.4, -0.2) is 37.0 Å². The lowest BCUT2D eigenvalue weighted by Gasteiger charge is -2.41. The first kappa shape index (κ1) is 17.5. The van der Waals surface area contributed by atoms with Crippen molar-refractivity contribution >= 4 is 5.91 Å². The largest absolute Gasteiger partial charge is 0.355 e. The summed E-state index contributed by atoms with van der Waals surface area (Å²) in [5, 5.41) is 3.30. The lowest BCUT2D eigenvalue weighted by atomic mass is 9.63. The Balaban J connectivity index is 1.62. The van der Waals surface area contributed by atoms with Crippen LogP contribution in [0.1, 0.15) is 55.7 Å². The van der Waals surface area contributed by atoms with Gasteiger partial charge in [0.15, 0.2) is 0 Å². The van der Waals surface area contributed by atoms with Gasteiger partial charge in [0.2, 0.25) is 5.91 Å². The fraction of sp³-hybridized carbons (Fsp3) is 0.667. The highest BCUT2D eigenvalue weighted by atomic mass is 16.2. The first-order chi connectivity index (χ1) is 11.5. The molecule has 1 aliphatic carbocycles. The number of benzene rings is 1. The Kier molecular flexibility index (Phi) is 5.29. The highest BCUT2D eigenvalue weighted by Crippen LogP contribution is 2.44. The molecule has 132 valence electrons. The van der Waals surface area contributed by atoms with Gasteiger partial charge in [-0.2, -0.15) is 0 Å². The van der Waals surface area contributed by atoms with Crippen LogP contribution < -0.4 is 5.32 Å². The van der Waals surface area contributed by atoms with Crippen molar-refractivity contribution in [3.05, 3.63) is 34.9 Å². The number of nitrogens with one attached hydrogen (secondary N) is 1. The molecule has 1 saturated heterocycles. The van der Waals surface area contributed by atoms with E-state index in [1.165, 1.54) is 42.6 Å². The van der Waals surface area contributed by atoms with E-state index in [-0.39, 0.29) is 11.3 Å². The molecule has 1 aromatic carbocycles. The van der Waals surface area contributed by atoms with Crippen LogP contribution >= 0.6 is 0 Å². The Morgan fingerprint density at radius 2 is 1.96 bits per heavy atom. The summed E-state index contributed by atoms with van der Waals surface area (Å²) in [6, 6.07) is 6.61. The monoisotopic (exact) mass is 328 g/mol. The van der Waals surface area contributed by atoms with Crippen molar-refractivity contribution in [2.45, 2.75) is 58.3 Å². The molecule has 2 aliphatic rings. The molecule has 0 bridgehead atoms. The average Bonchev–Trinajstić information content (AvgIpc) is 2.91. The van der Waals surface area contributed by atoms with Crippen LogP contribution in [0.2, 0.25) is 0 Å². The molecule has 1 aliphatic heterocycles. The predicted octanol–water partition coefficient (Wildman–Crippen LogP) is 3.57. The van der Waals surface area contributed by atoms with E-state index in [0.29, 0.717) is 5.92 Å². The second kappa shape index (κ2) is 7.26. The van der Waals surface area contributed by atoms with Gasteiger partial charge in [-0.3, -0.25) is 4.79 Å². The molecule has 0 aromatic heterocycles. The van der Waals surface area contributed by atoms with Gasteiger partial charge in [-0.05, 0) is 64.1 Å². The Hall–Kier alpha value is -1.35. The second-order valence-corrected chi connectivity index (χ2v) is 7.98. The van der Waals surface area contributed by atoms with Gasteiger partial charge in [0.25, 0.3) is 0 Å². The molecular formula is C21H32N2O. The number of rotatable bonds is 6. The summed E-state index contributed by atoms with van der Waals surface area (Å²) in [4.78, 5) is 15.5. The number of aryl methyl sites for hydroxylation is 2. The van der Waals surface area contributed by atoms with Crippen LogP contribution in [0.15, 0.2) is 18.2 Å². The third kappa shape index (κ3) is 3.51. The van der Waals surface area contributed by atoms with Crippen LogP contribution in [0.5, 0.6) is 0 Å². The van der Waals surface area contributed by atoms with Crippen molar-refractivity contribution in [2.24, 2.45) is 5.92 Å². The third-order valence-electron chi connectivity index (χ3n) is 5.88. The van der Waals surface area contributed by atoms with Gasteiger partial charge in [0.05, 0.1) is 5.41 Å². The summed E-state index contributed by atoms with van der Waals surface area (Å²) in [5.74, 6) is 0.879. The molecule has 1 N–H and O–H groups in total. The fourth-order valence-electron chi connectivity index (χ4n) is 4.43. The molecule has 1 aromatic rings. The van der Waals surface area contributed by atoms with E-state index in [1.807, 2.05) is 0 Å². The molecule has 0 spiro atoms. The summed E-state index contributed by atoms with van der Waals surface area (Å²) >= 11 is 0. The van der Waals surface area contributed by atoms with Crippen molar-refractivity contribution in [3.63, 3.8) is 0 Å². The Labute approximate surface area is 146 Å². The van der Waals surface area contributed by atoms with Gasteiger partial charge in [-0.15, -0.1) is 0 Å². The molecular weight excluding hydrogens is 296 g/mol. The van der Waals surface area contributed by atoms with Gasteiger partial charge in [0.1, 0.15) is 0 Å². The molecule has 1 heterocycles. The Bertz CT molecular complexity index is 571. The van der Waals surface area contributed by atoms with Crippen molar-refractivity contribution in [1.82, 2.24) is 10.2 Å². The number of hydrogen-bond acceptors (Lipinski definition) is 2.